The average molecular weight is 382 g/mol. The first-order valence-corrected chi connectivity index (χ1v) is 9.02. The highest BCUT2D eigenvalue weighted by molar-refractivity contribution is 5.95. The molecule has 2 aromatic rings. The van der Waals surface area contributed by atoms with Gasteiger partial charge in [0.15, 0.2) is 17.2 Å². The number of aromatic hydroxyl groups is 3. The Morgan fingerprint density at radius 2 is 1.61 bits per heavy atom. The first-order valence-electron chi connectivity index (χ1n) is 9.02. The molecule has 3 rings (SSSR count). The summed E-state index contributed by atoms with van der Waals surface area (Å²) in [4.78, 5) is 26.2. The van der Waals surface area contributed by atoms with Crippen LogP contribution in [0.5, 0.6) is 17.2 Å². The van der Waals surface area contributed by atoms with Gasteiger partial charge in [-0.1, -0.05) is 30.3 Å². The largest absolute Gasteiger partial charge is 0.504 e. The lowest BCUT2D eigenvalue weighted by Crippen LogP contribution is -2.46. The summed E-state index contributed by atoms with van der Waals surface area (Å²) >= 11 is 0. The van der Waals surface area contributed by atoms with Crippen LogP contribution in [0.3, 0.4) is 0 Å². The summed E-state index contributed by atoms with van der Waals surface area (Å²) in [5.41, 5.74) is 1.04. The average Bonchev–Trinajstić information content (AvgIpc) is 2.71. The second-order valence-corrected chi connectivity index (χ2v) is 6.68. The van der Waals surface area contributed by atoms with Gasteiger partial charge in [0.25, 0.3) is 5.91 Å². The maximum absolute atomic E-state index is 12.5. The number of carbonyl (C=O) groups excluding carboxylic acids is 2. The molecule has 2 aromatic carbocycles. The summed E-state index contributed by atoms with van der Waals surface area (Å²) in [5, 5.41) is 31.5. The monoisotopic (exact) mass is 382 g/mol. The zero-order valence-electron chi connectivity index (χ0n) is 15.2. The van der Waals surface area contributed by atoms with Gasteiger partial charge in [-0.05, 0) is 36.6 Å². The summed E-state index contributed by atoms with van der Waals surface area (Å²) in [6.45, 7) is 0.878. The Bertz CT molecular complexity index is 864. The maximum Gasteiger partial charge on any atom is 0.254 e. The van der Waals surface area contributed by atoms with Crippen LogP contribution in [-0.4, -0.2) is 51.2 Å². The van der Waals surface area contributed by atoms with Crippen LogP contribution in [0.4, 0.5) is 0 Å². The van der Waals surface area contributed by atoms with Crippen molar-refractivity contribution < 1.29 is 24.9 Å². The molecule has 7 heteroatoms. The van der Waals surface area contributed by atoms with Crippen LogP contribution in [-0.2, 0) is 4.79 Å². The summed E-state index contributed by atoms with van der Waals surface area (Å²) < 4.78 is 0. The molecule has 1 saturated heterocycles. The molecule has 4 N–H and O–H groups in total. The Balaban J connectivity index is 1.52. The number of nitrogens with one attached hydrogen (secondary N) is 1. The van der Waals surface area contributed by atoms with Crippen LogP contribution in [0, 0.1) is 0 Å². The Morgan fingerprint density at radius 3 is 2.21 bits per heavy atom. The normalized spacial score (nSPS) is 14.9. The van der Waals surface area contributed by atoms with E-state index < -0.39 is 17.2 Å². The van der Waals surface area contributed by atoms with Crippen molar-refractivity contribution >= 4 is 17.9 Å². The molecule has 146 valence electrons. The summed E-state index contributed by atoms with van der Waals surface area (Å²) in [7, 11) is 0. The highest BCUT2D eigenvalue weighted by Gasteiger charge is 2.25. The SMILES string of the molecule is O=C(/C=C/c1ccccc1)NC1CCN(C(=O)c2cc(O)c(O)c(O)c2)CC1. The van der Waals surface area contributed by atoms with E-state index in [4.69, 9.17) is 0 Å². The number of hydrogen-bond acceptors (Lipinski definition) is 5. The Hall–Kier alpha value is -3.48. The van der Waals surface area contributed by atoms with Gasteiger partial charge < -0.3 is 25.5 Å². The van der Waals surface area contributed by atoms with Crippen molar-refractivity contribution in [3.63, 3.8) is 0 Å². The van der Waals surface area contributed by atoms with E-state index in [1.54, 1.807) is 11.0 Å². The van der Waals surface area contributed by atoms with Gasteiger partial charge in [-0.15, -0.1) is 0 Å². The van der Waals surface area contributed by atoms with Crippen LogP contribution >= 0.6 is 0 Å². The molecule has 7 nitrogen and oxygen atoms in total. The van der Waals surface area contributed by atoms with E-state index in [2.05, 4.69) is 5.32 Å². The summed E-state index contributed by atoms with van der Waals surface area (Å²) in [6.07, 6.45) is 4.45. The van der Waals surface area contributed by atoms with E-state index in [1.807, 2.05) is 30.3 Å². The molecule has 1 fully saturated rings. The van der Waals surface area contributed by atoms with Gasteiger partial charge in [0.05, 0.1) is 0 Å². The number of phenols is 3. The second-order valence-electron chi connectivity index (χ2n) is 6.68. The third-order valence-electron chi connectivity index (χ3n) is 4.67. The van der Waals surface area contributed by atoms with Crippen LogP contribution in [0.1, 0.15) is 28.8 Å². The third kappa shape index (κ3) is 4.62. The quantitative estimate of drug-likeness (QED) is 0.479. The molecule has 2 amide bonds. The van der Waals surface area contributed by atoms with Crippen molar-refractivity contribution in [1.82, 2.24) is 10.2 Å². The van der Waals surface area contributed by atoms with Crippen LogP contribution in [0.25, 0.3) is 6.08 Å². The maximum atomic E-state index is 12.5. The minimum Gasteiger partial charge on any atom is -0.504 e. The number of hydrogen-bond donors (Lipinski definition) is 4. The minimum atomic E-state index is -0.651. The minimum absolute atomic E-state index is 0.0291. The predicted octanol–water partition coefficient (Wildman–Crippen LogP) is 2.24. The van der Waals surface area contributed by atoms with Crippen LogP contribution in [0.2, 0.25) is 0 Å². The smallest absolute Gasteiger partial charge is 0.254 e. The molecule has 0 atom stereocenters. The number of nitrogens with zero attached hydrogens (tertiary/aromatic N) is 1. The third-order valence-corrected chi connectivity index (χ3v) is 4.67. The molecule has 0 bridgehead atoms. The fraction of sp³-hybridized carbons (Fsp3) is 0.238. The zero-order valence-corrected chi connectivity index (χ0v) is 15.2. The van der Waals surface area contributed by atoms with Gasteiger partial charge in [0.2, 0.25) is 5.91 Å². The molecule has 1 aliphatic rings. The first-order chi connectivity index (χ1) is 13.4. The van der Waals surface area contributed by atoms with Crippen molar-refractivity contribution in [3.8, 4) is 17.2 Å². The molecule has 0 radical (unpaired) electrons. The van der Waals surface area contributed by atoms with Crippen LogP contribution < -0.4 is 5.32 Å². The number of amides is 2. The van der Waals surface area contributed by atoms with E-state index >= 15 is 0 Å². The van der Waals surface area contributed by atoms with Crippen molar-refractivity contribution in [2.75, 3.05) is 13.1 Å². The Labute approximate surface area is 162 Å². The topological polar surface area (TPSA) is 110 Å². The fourth-order valence-electron chi connectivity index (χ4n) is 3.12. The molecule has 0 unspecified atom stereocenters. The van der Waals surface area contributed by atoms with E-state index in [9.17, 15) is 24.9 Å². The standard InChI is InChI=1S/C21H22N2O5/c24-17-12-15(13-18(25)20(17)27)21(28)23-10-8-16(9-11-23)22-19(26)7-6-14-4-2-1-3-5-14/h1-7,12-13,16,24-25,27H,8-11H2,(H,22,26)/b7-6+. The van der Waals surface area contributed by atoms with Gasteiger partial charge >= 0.3 is 0 Å². The lowest BCUT2D eigenvalue weighted by atomic mass is 10.0. The van der Waals surface area contributed by atoms with Gasteiger partial charge in [-0.25, -0.2) is 0 Å². The second kappa shape index (κ2) is 8.47. The number of piperidine rings is 1. The molecule has 1 heterocycles. The number of carbonyl (C=O) groups is 2. The Kier molecular flexibility index (Phi) is 5.84. The lowest BCUT2D eigenvalue weighted by Gasteiger charge is -2.32. The van der Waals surface area contributed by atoms with Crippen molar-refractivity contribution in [2.45, 2.75) is 18.9 Å². The molecular formula is C21H22N2O5. The first kappa shape index (κ1) is 19.3. The summed E-state index contributed by atoms with van der Waals surface area (Å²) in [6, 6.07) is 11.8. The fourth-order valence-corrected chi connectivity index (χ4v) is 3.12. The molecule has 28 heavy (non-hydrogen) atoms. The molecule has 0 aromatic heterocycles. The molecular weight excluding hydrogens is 360 g/mol. The van der Waals surface area contributed by atoms with Crippen molar-refractivity contribution in [2.24, 2.45) is 0 Å². The lowest BCUT2D eigenvalue weighted by molar-refractivity contribution is -0.117. The zero-order chi connectivity index (χ0) is 20.1. The molecule has 1 aliphatic heterocycles. The predicted molar refractivity (Wildman–Crippen MR) is 104 cm³/mol. The van der Waals surface area contributed by atoms with Gasteiger partial charge in [0, 0.05) is 30.8 Å². The van der Waals surface area contributed by atoms with E-state index in [-0.39, 0.29) is 23.4 Å². The molecule has 0 aliphatic carbocycles. The summed E-state index contributed by atoms with van der Waals surface area (Å²) in [5.74, 6) is -2.27. The van der Waals surface area contributed by atoms with Gasteiger partial charge in [-0.2, -0.15) is 0 Å². The number of rotatable bonds is 4. The van der Waals surface area contributed by atoms with Crippen molar-refractivity contribution in [3.05, 3.63) is 59.7 Å². The van der Waals surface area contributed by atoms with Gasteiger partial charge in [0.1, 0.15) is 0 Å². The van der Waals surface area contributed by atoms with E-state index in [0.29, 0.717) is 25.9 Å². The molecule has 0 saturated carbocycles. The van der Waals surface area contributed by atoms with Gasteiger partial charge in [-0.3, -0.25) is 9.59 Å². The number of benzene rings is 2. The Morgan fingerprint density at radius 1 is 1.00 bits per heavy atom. The number of likely N-dealkylation sites (tertiary alicyclic amines) is 1. The highest BCUT2D eigenvalue weighted by atomic mass is 16.3. The molecule has 0 spiro atoms. The number of phenolic OH excluding ortho intramolecular Hbond substituents is 3. The van der Waals surface area contributed by atoms with E-state index in [1.165, 1.54) is 6.08 Å². The van der Waals surface area contributed by atoms with E-state index in [0.717, 1.165) is 17.7 Å². The van der Waals surface area contributed by atoms with Crippen molar-refractivity contribution in [1.29, 1.82) is 0 Å². The van der Waals surface area contributed by atoms with Crippen LogP contribution in [0.15, 0.2) is 48.5 Å². The highest BCUT2D eigenvalue weighted by Crippen LogP contribution is 2.35.